The topological polar surface area (TPSA) is 67.6 Å². The average molecular weight is 312 g/mol. The number of halogens is 1. The highest BCUT2D eigenvalue weighted by Gasteiger charge is 2.21. The molecule has 1 heterocycles. The van der Waals surface area contributed by atoms with E-state index < -0.39 is 0 Å². The van der Waals surface area contributed by atoms with Crippen molar-refractivity contribution in [2.24, 2.45) is 0 Å². The minimum absolute atomic E-state index is 0.0367. The number of anilines is 2. The molecule has 1 aromatic carbocycles. The van der Waals surface area contributed by atoms with Gasteiger partial charge in [-0.15, -0.1) is 0 Å². The molecule has 1 aliphatic heterocycles. The highest BCUT2D eigenvalue weighted by molar-refractivity contribution is 6.31. The molecule has 1 atom stereocenters. The molecule has 0 radical (unpaired) electrons. The van der Waals surface area contributed by atoms with E-state index >= 15 is 0 Å². The third-order valence-corrected chi connectivity index (χ3v) is 3.97. The minimum atomic E-state index is -0.0367. The van der Waals surface area contributed by atoms with Gasteiger partial charge in [-0.2, -0.15) is 0 Å². The summed E-state index contributed by atoms with van der Waals surface area (Å²) in [5.74, 6) is -0.0367. The van der Waals surface area contributed by atoms with Crippen LogP contribution in [0.2, 0.25) is 5.02 Å². The number of hydrogen-bond donors (Lipinski definition) is 2. The number of ether oxygens (including phenoxy) is 1. The van der Waals surface area contributed by atoms with Gasteiger partial charge in [-0.25, -0.2) is 0 Å². The second-order valence-electron chi connectivity index (χ2n) is 5.20. The highest BCUT2D eigenvalue weighted by atomic mass is 35.5. The van der Waals surface area contributed by atoms with Crippen LogP contribution >= 0.6 is 11.6 Å². The fraction of sp³-hybridized carbons (Fsp3) is 0.533. The average Bonchev–Trinajstić information content (AvgIpc) is 2.48. The lowest BCUT2D eigenvalue weighted by molar-refractivity contribution is -0.117. The predicted octanol–water partition coefficient (Wildman–Crippen LogP) is 2.36. The molecule has 1 saturated heterocycles. The third kappa shape index (κ3) is 4.59. The van der Waals surface area contributed by atoms with E-state index in [0.29, 0.717) is 28.9 Å². The van der Waals surface area contributed by atoms with E-state index in [1.807, 2.05) is 0 Å². The number of morpholine rings is 1. The van der Waals surface area contributed by atoms with Crippen molar-refractivity contribution in [3.05, 3.63) is 23.2 Å². The molecule has 1 aliphatic rings. The molecule has 1 aromatic rings. The molecule has 116 valence electrons. The Labute approximate surface area is 130 Å². The largest absolute Gasteiger partial charge is 0.397 e. The third-order valence-electron chi connectivity index (χ3n) is 3.73. The molecule has 0 saturated carbocycles. The monoisotopic (exact) mass is 311 g/mol. The van der Waals surface area contributed by atoms with Gasteiger partial charge in [-0.05, 0) is 24.6 Å². The van der Waals surface area contributed by atoms with Crippen LogP contribution in [0.25, 0.3) is 0 Å². The molecule has 2 rings (SSSR count). The molecule has 0 bridgehead atoms. The van der Waals surface area contributed by atoms with Crippen LogP contribution in [0.5, 0.6) is 0 Å². The summed E-state index contributed by atoms with van der Waals surface area (Å²) in [6, 6.07) is 5.47. The number of hydrogen-bond acceptors (Lipinski definition) is 4. The summed E-state index contributed by atoms with van der Waals surface area (Å²) in [6.07, 6.45) is 1.48. The van der Waals surface area contributed by atoms with Gasteiger partial charge in [0.2, 0.25) is 5.91 Å². The molecule has 3 N–H and O–H groups in total. The van der Waals surface area contributed by atoms with Crippen molar-refractivity contribution >= 4 is 28.9 Å². The van der Waals surface area contributed by atoms with E-state index in [2.05, 4.69) is 17.1 Å². The van der Waals surface area contributed by atoms with E-state index in [0.717, 1.165) is 32.7 Å². The van der Waals surface area contributed by atoms with Gasteiger partial charge in [0.15, 0.2) is 0 Å². The van der Waals surface area contributed by atoms with E-state index in [1.165, 1.54) is 0 Å². The van der Waals surface area contributed by atoms with Crippen molar-refractivity contribution in [3.8, 4) is 0 Å². The number of benzene rings is 1. The van der Waals surface area contributed by atoms with Gasteiger partial charge in [0, 0.05) is 30.6 Å². The van der Waals surface area contributed by atoms with Crippen molar-refractivity contribution in [2.45, 2.75) is 25.8 Å². The van der Waals surface area contributed by atoms with Gasteiger partial charge in [-0.1, -0.05) is 18.5 Å². The van der Waals surface area contributed by atoms with Crippen LogP contribution in [0.1, 0.15) is 19.8 Å². The molecule has 5 nitrogen and oxygen atoms in total. The van der Waals surface area contributed by atoms with Crippen molar-refractivity contribution in [2.75, 3.05) is 37.4 Å². The number of rotatable bonds is 5. The zero-order valence-corrected chi connectivity index (χ0v) is 13.0. The van der Waals surface area contributed by atoms with Gasteiger partial charge in [0.05, 0.1) is 24.6 Å². The van der Waals surface area contributed by atoms with Gasteiger partial charge in [-0.3, -0.25) is 9.69 Å². The number of nitrogen functional groups attached to an aromatic ring is 1. The van der Waals surface area contributed by atoms with Crippen LogP contribution in [-0.4, -0.2) is 43.2 Å². The summed E-state index contributed by atoms with van der Waals surface area (Å²) in [5, 5.41) is 3.39. The lowest BCUT2D eigenvalue weighted by atomic mass is 10.1. The molecule has 0 aliphatic carbocycles. The first-order valence-electron chi connectivity index (χ1n) is 7.26. The SMILES string of the molecule is CCC1COCCN1CCC(=O)Nc1ccc(Cl)cc1N. The van der Waals surface area contributed by atoms with Crippen molar-refractivity contribution in [3.63, 3.8) is 0 Å². The highest BCUT2D eigenvalue weighted by Crippen LogP contribution is 2.22. The lowest BCUT2D eigenvalue weighted by Gasteiger charge is -2.34. The second kappa shape index (κ2) is 7.64. The van der Waals surface area contributed by atoms with Crippen LogP contribution in [-0.2, 0) is 9.53 Å². The Hall–Kier alpha value is -1.30. The molecule has 0 aromatic heterocycles. The number of nitrogens with two attached hydrogens (primary N) is 1. The van der Waals surface area contributed by atoms with Crippen LogP contribution < -0.4 is 11.1 Å². The Morgan fingerprint density at radius 2 is 2.38 bits per heavy atom. The van der Waals surface area contributed by atoms with Crippen molar-refractivity contribution in [1.82, 2.24) is 4.90 Å². The Morgan fingerprint density at radius 1 is 1.57 bits per heavy atom. The fourth-order valence-electron chi connectivity index (χ4n) is 2.46. The molecule has 1 fully saturated rings. The van der Waals surface area contributed by atoms with Gasteiger partial charge >= 0.3 is 0 Å². The number of carbonyl (C=O) groups excluding carboxylic acids is 1. The lowest BCUT2D eigenvalue weighted by Crippen LogP contribution is -2.46. The summed E-state index contributed by atoms with van der Waals surface area (Å²) in [5.41, 5.74) is 6.92. The van der Waals surface area contributed by atoms with E-state index in [1.54, 1.807) is 18.2 Å². The molecule has 6 heteroatoms. The Bertz CT molecular complexity index is 496. The fourth-order valence-corrected chi connectivity index (χ4v) is 2.65. The smallest absolute Gasteiger partial charge is 0.225 e. The second-order valence-corrected chi connectivity index (χ2v) is 5.64. The maximum atomic E-state index is 12.0. The Balaban J connectivity index is 1.84. The summed E-state index contributed by atoms with van der Waals surface area (Å²) in [6.45, 7) is 5.25. The number of nitrogens with zero attached hydrogens (tertiary/aromatic N) is 1. The molecule has 21 heavy (non-hydrogen) atoms. The first-order chi connectivity index (χ1) is 10.1. The minimum Gasteiger partial charge on any atom is -0.397 e. The summed E-state index contributed by atoms with van der Waals surface area (Å²) >= 11 is 5.84. The number of amides is 1. The zero-order chi connectivity index (χ0) is 15.2. The van der Waals surface area contributed by atoms with E-state index in [-0.39, 0.29) is 5.91 Å². The molecular formula is C15H22ClN3O2. The molecule has 0 spiro atoms. The van der Waals surface area contributed by atoms with Crippen LogP contribution in [0.3, 0.4) is 0 Å². The number of nitrogens with one attached hydrogen (secondary N) is 1. The molecule has 1 amide bonds. The molecular weight excluding hydrogens is 290 g/mol. The summed E-state index contributed by atoms with van der Waals surface area (Å²) in [4.78, 5) is 14.3. The van der Waals surface area contributed by atoms with Crippen molar-refractivity contribution in [1.29, 1.82) is 0 Å². The van der Waals surface area contributed by atoms with E-state index in [4.69, 9.17) is 22.1 Å². The quantitative estimate of drug-likeness (QED) is 0.819. The number of carbonyl (C=O) groups is 1. The summed E-state index contributed by atoms with van der Waals surface area (Å²) in [7, 11) is 0. The first-order valence-corrected chi connectivity index (χ1v) is 7.64. The van der Waals surface area contributed by atoms with Gasteiger partial charge < -0.3 is 15.8 Å². The normalized spacial score (nSPS) is 19.4. The summed E-state index contributed by atoms with van der Waals surface area (Å²) < 4.78 is 5.46. The van der Waals surface area contributed by atoms with Crippen molar-refractivity contribution < 1.29 is 9.53 Å². The first kappa shape index (κ1) is 16.1. The van der Waals surface area contributed by atoms with Gasteiger partial charge in [0.1, 0.15) is 0 Å². The van der Waals surface area contributed by atoms with E-state index in [9.17, 15) is 4.79 Å². The predicted molar refractivity (Wildman–Crippen MR) is 85.6 cm³/mol. The van der Waals surface area contributed by atoms with Crippen LogP contribution in [0, 0.1) is 0 Å². The van der Waals surface area contributed by atoms with Crippen LogP contribution in [0.4, 0.5) is 11.4 Å². The zero-order valence-electron chi connectivity index (χ0n) is 12.3. The Kier molecular flexibility index (Phi) is 5.85. The molecule has 1 unspecified atom stereocenters. The van der Waals surface area contributed by atoms with Crippen LogP contribution in [0.15, 0.2) is 18.2 Å². The standard InChI is InChI=1S/C15H22ClN3O2/c1-2-12-10-21-8-7-19(12)6-5-15(20)18-14-4-3-11(16)9-13(14)17/h3-4,9,12H,2,5-8,10,17H2,1H3,(H,18,20). The Morgan fingerprint density at radius 3 is 3.10 bits per heavy atom. The van der Waals surface area contributed by atoms with Gasteiger partial charge in [0.25, 0.3) is 0 Å². The maximum Gasteiger partial charge on any atom is 0.225 e. The maximum absolute atomic E-state index is 12.0.